The predicted octanol–water partition coefficient (Wildman–Crippen LogP) is 2.03. The van der Waals surface area contributed by atoms with E-state index in [1.54, 1.807) is 0 Å². The molecule has 112 valence electrons. The number of amides is 2. The molecule has 2 amide bonds. The van der Waals surface area contributed by atoms with E-state index in [0.29, 0.717) is 6.54 Å². The molecule has 2 heterocycles. The van der Waals surface area contributed by atoms with Crippen molar-refractivity contribution < 1.29 is 14.7 Å². The van der Waals surface area contributed by atoms with E-state index in [0.717, 1.165) is 44.3 Å². The topological polar surface area (TPSA) is 60.9 Å². The van der Waals surface area contributed by atoms with E-state index >= 15 is 0 Å². The van der Waals surface area contributed by atoms with Crippen molar-refractivity contribution in [3.05, 3.63) is 0 Å². The Bertz CT molecular complexity index is 387. The summed E-state index contributed by atoms with van der Waals surface area (Å²) in [5, 5.41) is 8.90. The first-order valence-electron chi connectivity index (χ1n) is 7.89. The van der Waals surface area contributed by atoms with Crippen molar-refractivity contribution in [1.82, 2.24) is 9.80 Å². The Balaban J connectivity index is 1.55. The number of nitrogens with zero attached hydrogens (tertiary/aromatic N) is 2. The number of hydrogen-bond donors (Lipinski definition) is 1. The first-order valence-corrected chi connectivity index (χ1v) is 7.89. The summed E-state index contributed by atoms with van der Waals surface area (Å²) in [4.78, 5) is 27.3. The van der Waals surface area contributed by atoms with Gasteiger partial charge in [-0.15, -0.1) is 0 Å². The Labute approximate surface area is 119 Å². The molecule has 3 aliphatic rings. The van der Waals surface area contributed by atoms with Gasteiger partial charge in [0.05, 0.1) is 0 Å². The molecule has 0 aromatic carbocycles. The maximum Gasteiger partial charge on any atom is 0.320 e. The van der Waals surface area contributed by atoms with Crippen LogP contribution in [-0.2, 0) is 4.79 Å². The van der Waals surface area contributed by atoms with Crippen LogP contribution < -0.4 is 0 Å². The first-order chi connectivity index (χ1) is 9.63. The van der Waals surface area contributed by atoms with Gasteiger partial charge in [0.1, 0.15) is 0 Å². The Morgan fingerprint density at radius 3 is 2.30 bits per heavy atom. The number of carbonyl (C=O) groups excluding carboxylic acids is 1. The minimum absolute atomic E-state index is 0.132. The number of rotatable bonds is 2. The van der Waals surface area contributed by atoms with Crippen molar-refractivity contribution in [1.29, 1.82) is 0 Å². The monoisotopic (exact) mass is 280 g/mol. The van der Waals surface area contributed by atoms with Gasteiger partial charge in [-0.25, -0.2) is 4.79 Å². The van der Waals surface area contributed by atoms with Gasteiger partial charge >= 0.3 is 12.0 Å². The molecule has 0 bridgehead atoms. The molecular weight excluding hydrogens is 256 g/mol. The Morgan fingerprint density at radius 1 is 0.950 bits per heavy atom. The molecule has 3 fully saturated rings. The third-order valence-electron chi connectivity index (χ3n) is 5.25. The van der Waals surface area contributed by atoms with Crippen molar-refractivity contribution in [3.8, 4) is 0 Å². The highest BCUT2D eigenvalue weighted by atomic mass is 16.4. The molecule has 5 heteroatoms. The number of fused-ring (bicyclic) bond motifs is 1. The fourth-order valence-electron chi connectivity index (χ4n) is 4.24. The number of hydrogen-bond acceptors (Lipinski definition) is 2. The minimum atomic E-state index is -0.750. The molecule has 1 aliphatic carbocycles. The number of carboxylic acids is 1. The van der Waals surface area contributed by atoms with Crippen molar-refractivity contribution in [2.24, 2.45) is 17.8 Å². The molecule has 0 spiro atoms. The van der Waals surface area contributed by atoms with Crippen LogP contribution in [-0.4, -0.2) is 53.1 Å². The van der Waals surface area contributed by atoms with Gasteiger partial charge in [0.25, 0.3) is 0 Å². The van der Waals surface area contributed by atoms with Gasteiger partial charge < -0.3 is 14.9 Å². The number of piperidine rings is 1. The summed E-state index contributed by atoms with van der Waals surface area (Å²) in [6.07, 6.45) is 5.93. The van der Waals surface area contributed by atoms with Crippen molar-refractivity contribution in [2.45, 2.75) is 38.5 Å². The number of likely N-dealkylation sites (tertiary alicyclic amines) is 2. The van der Waals surface area contributed by atoms with Crippen LogP contribution in [0.4, 0.5) is 4.79 Å². The fourth-order valence-corrected chi connectivity index (χ4v) is 4.24. The van der Waals surface area contributed by atoms with E-state index in [2.05, 4.69) is 0 Å². The zero-order valence-electron chi connectivity index (χ0n) is 12.0. The lowest BCUT2D eigenvalue weighted by atomic mass is 9.95. The zero-order chi connectivity index (χ0) is 14.1. The van der Waals surface area contributed by atoms with Crippen LogP contribution in [0.2, 0.25) is 0 Å². The second-order valence-electron chi connectivity index (χ2n) is 6.69. The standard InChI is InChI=1S/C15H24N2O3/c18-14(19)7-11-3-2-6-16(8-11)15(20)17-9-12-4-1-5-13(12)10-17/h11-13H,1-10H2,(H,18,19). The average molecular weight is 280 g/mol. The van der Waals surface area contributed by atoms with Crippen LogP contribution in [0.15, 0.2) is 0 Å². The van der Waals surface area contributed by atoms with E-state index in [9.17, 15) is 9.59 Å². The van der Waals surface area contributed by atoms with Crippen LogP contribution in [0.5, 0.6) is 0 Å². The van der Waals surface area contributed by atoms with Gasteiger partial charge in [-0.05, 0) is 43.4 Å². The molecule has 3 unspecified atom stereocenters. The average Bonchev–Trinajstić information content (AvgIpc) is 2.98. The van der Waals surface area contributed by atoms with Crippen molar-refractivity contribution in [2.75, 3.05) is 26.2 Å². The molecule has 2 aliphatic heterocycles. The molecule has 3 rings (SSSR count). The van der Waals surface area contributed by atoms with Gasteiger partial charge in [0, 0.05) is 32.6 Å². The first kappa shape index (κ1) is 13.7. The van der Waals surface area contributed by atoms with E-state index in [4.69, 9.17) is 5.11 Å². The molecule has 20 heavy (non-hydrogen) atoms. The van der Waals surface area contributed by atoms with Gasteiger partial charge in [0.2, 0.25) is 0 Å². The SMILES string of the molecule is O=C(O)CC1CCCN(C(=O)N2CC3CCCC3C2)C1. The van der Waals surface area contributed by atoms with Crippen LogP contribution in [0.1, 0.15) is 38.5 Å². The van der Waals surface area contributed by atoms with E-state index in [-0.39, 0.29) is 18.4 Å². The number of aliphatic carboxylic acids is 1. The quantitative estimate of drug-likeness (QED) is 0.842. The fraction of sp³-hybridized carbons (Fsp3) is 0.867. The zero-order valence-corrected chi connectivity index (χ0v) is 12.0. The van der Waals surface area contributed by atoms with Gasteiger partial charge in [-0.3, -0.25) is 4.79 Å². The second kappa shape index (κ2) is 5.62. The molecule has 5 nitrogen and oxygen atoms in total. The third-order valence-corrected chi connectivity index (χ3v) is 5.25. The number of carbonyl (C=O) groups is 2. The van der Waals surface area contributed by atoms with Crippen molar-refractivity contribution >= 4 is 12.0 Å². The highest BCUT2D eigenvalue weighted by Crippen LogP contribution is 2.38. The third kappa shape index (κ3) is 2.76. The maximum atomic E-state index is 12.6. The lowest BCUT2D eigenvalue weighted by Gasteiger charge is -2.35. The summed E-state index contributed by atoms with van der Waals surface area (Å²) in [6, 6.07) is 0.148. The lowest BCUT2D eigenvalue weighted by Crippen LogP contribution is -2.47. The largest absolute Gasteiger partial charge is 0.481 e. The van der Waals surface area contributed by atoms with Crippen LogP contribution in [0.3, 0.4) is 0 Å². The Hall–Kier alpha value is -1.26. The highest BCUT2D eigenvalue weighted by molar-refractivity contribution is 5.75. The molecule has 0 aromatic heterocycles. The smallest absolute Gasteiger partial charge is 0.320 e. The summed E-state index contributed by atoms with van der Waals surface area (Å²) >= 11 is 0. The molecule has 1 N–H and O–H groups in total. The molecular formula is C15H24N2O3. The van der Waals surface area contributed by atoms with Crippen LogP contribution in [0, 0.1) is 17.8 Å². The number of carboxylic acid groups (broad SMARTS) is 1. The summed E-state index contributed by atoms with van der Waals surface area (Å²) in [6.45, 7) is 3.25. The molecule has 1 saturated carbocycles. The predicted molar refractivity (Wildman–Crippen MR) is 74.3 cm³/mol. The Kier molecular flexibility index (Phi) is 3.85. The molecule has 0 aromatic rings. The van der Waals surface area contributed by atoms with E-state index in [1.807, 2.05) is 9.80 Å². The van der Waals surface area contributed by atoms with Crippen LogP contribution >= 0.6 is 0 Å². The molecule has 2 saturated heterocycles. The van der Waals surface area contributed by atoms with Gasteiger partial charge in [-0.1, -0.05) is 6.42 Å². The lowest BCUT2D eigenvalue weighted by molar-refractivity contribution is -0.138. The summed E-state index contributed by atoms with van der Waals surface area (Å²) in [5.41, 5.74) is 0. The maximum absolute atomic E-state index is 12.6. The Morgan fingerprint density at radius 2 is 1.65 bits per heavy atom. The molecule has 3 atom stereocenters. The normalized spacial score (nSPS) is 33.3. The van der Waals surface area contributed by atoms with Gasteiger partial charge in [0.15, 0.2) is 0 Å². The highest BCUT2D eigenvalue weighted by Gasteiger charge is 2.39. The second-order valence-corrected chi connectivity index (χ2v) is 6.69. The van der Waals surface area contributed by atoms with Crippen LogP contribution in [0.25, 0.3) is 0 Å². The van der Waals surface area contributed by atoms with Gasteiger partial charge in [-0.2, -0.15) is 0 Å². The summed E-state index contributed by atoms with van der Waals surface area (Å²) < 4.78 is 0. The number of urea groups is 1. The van der Waals surface area contributed by atoms with Crippen molar-refractivity contribution in [3.63, 3.8) is 0 Å². The molecule has 0 radical (unpaired) electrons. The minimum Gasteiger partial charge on any atom is -0.481 e. The summed E-state index contributed by atoms with van der Waals surface area (Å²) in [5.74, 6) is 0.824. The van der Waals surface area contributed by atoms with E-state index in [1.165, 1.54) is 19.3 Å². The summed E-state index contributed by atoms with van der Waals surface area (Å²) in [7, 11) is 0. The van der Waals surface area contributed by atoms with E-state index < -0.39 is 5.97 Å².